The number of aliphatic carboxylic acids is 1. The number of carboxylic acid groups (broad SMARTS) is 1. The van der Waals surface area contributed by atoms with E-state index in [0.717, 1.165) is 16.7 Å². The molecule has 0 aliphatic carbocycles. The SMILES string of the molecule is CCC(=O)NC(Cc1ccc(-c2cc(Cl)cc(Cl)c2)cc1)C(O)C(O)C(=O)O. The van der Waals surface area contributed by atoms with Crippen LogP contribution in [-0.4, -0.2) is 45.4 Å². The lowest BCUT2D eigenvalue weighted by molar-refractivity contribution is -0.154. The molecule has 0 bridgehead atoms. The second-order valence-electron chi connectivity index (χ2n) is 6.36. The van der Waals surface area contributed by atoms with Crippen molar-refractivity contribution in [2.75, 3.05) is 0 Å². The van der Waals surface area contributed by atoms with Crippen molar-refractivity contribution in [3.05, 3.63) is 58.1 Å². The number of nitrogens with one attached hydrogen (secondary N) is 1. The Labute approximate surface area is 172 Å². The quantitative estimate of drug-likeness (QED) is 0.520. The number of aliphatic hydroxyl groups is 2. The number of amides is 1. The molecule has 0 spiro atoms. The molecule has 2 aromatic rings. The highest BCUT2D eigenvalue weighted by Gasteiger charge is 2.32. The second kappa shape index (κ2) is 9.89. The average molecular weight is 426 g/mol. The van der Waals surface area contributed by atoms with E-state index in [0.29, 0.717) is 10.0 Å². The van der Waals surface area contributed by atoms with Gasteiger partial charge in [0.05, 0.1) is 6.04 Å². The number of aliphatic hydroxyl groups excluding tert-OH is 2. The molecule has 6 nitrogen and oxygen atoms in total. The van der Waals surface area contributed by atoms with E-state index in [2.05, 4.69) is 5.32 Å². The van der Waals surface area contributed by atoms with Crippen molar-refractivity contribution in [3.63, 3.8) is 0 Å². The molecular weight excluding hydrogens is 405 g/mol. The Kier molecular flexibility index (Phi) is 7.83. The molecule has 3 unspecified atom stereocenters. The number of hydrogen-bond donors (Lipinski definition) is 4. The standard InChI is InChI=1S/C20H21Cl2NO5/c1-2-17(24)23-16(18(25)19(26)20(27)28)7-11-3-5-12(6-4-11)13-8-14(21)10-15(22)9-13/h3-6,8-10,16,18-19,25-26H,2,7H2,1H3,(H,23,24)(H,27,28). The molecule has 0 radical (unpaired) electrons. The summed E-state index contributed by atoms with van der Waals surface area (Å²) in [4.78, 5) is 22.7. The molecular formula is C20H21Cl2NO5. The average Bonchev–Trinajstić information content (AvgIpc) is 2.65. The van der Waals surface area contributed by atoms with Crippen LogP contribution >= 0.6 is 23.2 Å². The van der Waals surface area contributed by atoms with E-state index < -0.39 is 24.2 Å². The minimum absolute atomic E-state index is 0.147. The lowest BCUT2D eigenvalue weighted by atomic mass is 9.96. The minimum atomic E-state index is -2.00. The molecule has 2 rings (SSSR count). The van der Waals surface area contributed by atoms with Crippen LogP contribution in [0.5, 0.6) is 0 Å². The molecule has 150 valence electrons. The number of carbonyl (C=O) groups is 2. The van der Waals surface area contributed by atoms with Gasteiger partial charge >= 0.3 is 5.97 Å². The highest BCUT2D eigenvalue weighted by Crippen LogP contribution is 2.27. The van der Waals surface area contributed by atoms with Gasteiger partial charge in [0.2, 0.25) is 5.91 Å². The van der Waals surface area contributed by atoms with Gasteiger partial charge in [0, 0.05) is 16.5 Å². The van der Waals surface area contributed by atoms with Crippen molar-refractivity contribution < 1.29 is 24.9 Å². The van der Waals surface area contributed by atoms with E-state index in [4.69, 9.17) is 28.3 Å². The van der Waals surface area contributed by atoms with Gasteiger partial charge in [-0.2, -0.15) is 0 Å². The van der Waals surface area contributed by atoms with Gasteiger partial charge in [-0.05, 0) is 41.3 Å². The molecule has 28 heavy (non-hydrogen) atoms. The maximum Gasteiger partial charge on any atom is 0.335 e. The highest BCUT2D eigenvalue weighted by atomic mass is 35.5. The number of hydrogen-bond acceptors (Lipinski definition) is 4. The first-order chi connectivity index (χ1) is 13.2. The molecule has 0 aliphatic rings. The molecule has 0 saturated carbocycles. The summed E-state index contributed by atoms with van der Waals surface area (Å²) in [6.45, 7) is 1.64. The van der Waals surface area contributed by atoms with Gasteiger partial charge in [-0.15, -0.1) is 0 Å². The molecule has 0 saturated heterocycles. The van der Waals surface area contributed by atoms with Gasteiger partial charge in [0.15, 0.2) is 6.10 Å². The number of halogens is 2. The molecule has 2 aromatic carbocycles. The maximum atomic E-state index is 11.7. The summed E-state index contributed by atoms with van der Waals surface area (Å²) in [5.74, 6) is -1.91. The lowest BCUT2D eigenvalue weighted by Gasteiger charge is -2.26. The first-order valence-corrected chi connectivity index (χ1v) is 9.40. The van der Waals surface area contributed by atoms with Crippen molar-refractivity contribution in [2.24, 2.45) is 0 Å². The van der Waals surface area contributed by atoms with Crippen molar-refractivity contribution in [1.29, 1.82) is 0 Å². The Morgan fingerprint density at radius 3 is 2.07 bits per heavy atom. The Hall–Kier alpha value is -2.12. The van der Waals surface area contributed by atoms with E-state index in [1.165, 1.54) is 0 Å². The Morgan fingerprint density at radius 2 is 1.57 bits per heavy atom. The predicted molar refractivity (Wildman–Crippen MR) is 107 cm³/mol. The number of carboxylic acids is 1. The van der Waals surface area contributed by atoms with Gasteiger partial charge in [-0.3, -0.25) is 4.79 Å². The zero-order valence-corrected chi connectivity index (χ0v) is 16.6. The zero-order chi connectivity index (χ0) is 20.8. The fourth-order valence-electron chi connectivity index (χ4n) is 2.74. The Morgan fingerprint density at radius 1 is 1.00 bits per heavy atom. The molecule has 3 atom stereocenters. The van der Waals surface area contributed by atoms with Gasteiger partial charge < -0.3 is 20.6 Å². The summed E-state index contributed by atoms with van der Waals surface area (Å²) in [5.41, 5.74) is 2.45. The summed E-state index contributed by atoms with van der Waals surface area (Å²) in [6.07, 6.45) is -3.34. The molecule has 8 heteroatoms. The summed E-state index contributed by atoms with van der Waals surface area (Å²) < 4.78 is 0. The summed E-state index contributed by atoms with van der Waals surface area (Å²) in [6, 6.07) is 11.5. The van der Waals surface area contributed by atoms with E-state index in [1.54, 1.807) is 37.3 Å². The molecule has 0 aliphatic heterocycles. The van der Waals surface area contributed by atoms with Crippen molar-refractivity contribution in [1.82, 2.24) is 5.32 Å². The third-order valence-electron chi connectivity index (χ3n) is 4.26. The summed E-state index contributed by atoms with van der Waals surface area (Å²) in [5, 5.41) is 32.3. The maximum absolute atomic E-state index is 11.7. The Balaban J connectivity index is 2.21. The summed E-state index contributed by atoms with van der Waals surface area (Å²) in [7, 11) is 0. The van der Waals surface area contributed by atoms with Gasteiger partial charge in [-0.25, -0.2) is 4.79 Å². The first-order valence-electron chi connectivity index (χ1n) is 8.65. The third-order valence-corrected chi connectivity index (χ3v) is 4.70. The largest absolute Gasteiger partial charge is 0.479 e. The fourth-order valence-corrected chi connectivity index (χ4v) is 3.27. The van der Waals surface area contributed by atoms with Crippen LogP contribution in [0.25, 0.3) is 11.1 Å². The van der Waals surface area contributed by atoms with Crippen LogP contribution in [0.2, 0.25) is 10.0 Å². The van der Waals surface area contributed by atoms with E-state index >= 15 is 0 Å². The highest BCUT2D eigenvalue weighted by molar-refractivity contribution is 6.35. The predicted octanol–water partition coefficient (Wildman–Crippen LogP) is 2.90. The number of rotatable bonds is 8. The first kappa shape index (κ1) is 22.2. The van der Waals surface area contributed by atoms with E-state index in [9.17, 15) is 19.8 Å². The third kappa shape index (κ3) is 5.94. The number of carbonyl (C=O) groups excluding carboxylic acids is 1. The molecule has 0 fully saturated rings. The molecule has 0 aromatic heterocycles. The van der Waals surface area contributed by atoms with Gasteiger partial charge in [0.25, 0.3) is 0 Å². The van der Waals surface area contributed by atoms with Crippen LogP contribution in [0, 0.1) is 0 Å². The monoisotopic (exact) mass is 425 g/mol. The van der Waals surface area contributed by atoms with Crippen LogP contribution in [-0.2, 0) is 16.0 Å². The molecule has 4 N–H and O–H groups in total. The van der Waals surface area contributed by atoms with Crippen LogP contribution in [0.15, 0.2) is 42.5 Å². The van der Waals surface area contributed by atoms with Crippen LogP contribution in [0.1, 0.15) is 18.9 Å². The van der Waals surface area contributed by atoms with Crippen LogP contribution < -0.4 is 5.32 Å². The van der Waals surface area contributed by atoms with Gasteiger partial charge in [-0.1, -0.05) is 54.4 Å². The Bertz CT molecular complexity index is 821. The smallest absolute Gasteiger partial charge is 0.335 e. The molecule has 1 amide bonds. The van der Waals surface area contributed by atoms with Gasteiger partial charge in [0.1, 0.15) is 6.10 Å². The normalized spacial score (nSPS) is 14.2. The fraction of sp³-hybridized carbons (Fsp3) is 0.300. The number of benzene rings is 2. The minimum Gasteiger partial charge on any atom is -0.479 e. The summed E-state index contributed by atoms with van der Waals surface area (Å²) >= 11 is 12.1. The van der Waals surface area contributed by atoms with E-state index in [-0.39, 0.29) is 18.7 Å². The van der Waals surface area contributed by atoms with Crippen LogP contribution in [0.3, 0.4) is 0 Å². The van der Waals surface area contributed by atoms with Crippen LogP contribution in [0.4, 0.5) is 0 Å². The van der Waals surface area contributed by atoms with Crippen molar-refractivity contribution >= 4 is 35.1 Å². The topological polar surface area (TPSA) is 107 Å². The van der Waals surface area contributed by atoms with E-state index in [1.807, 2.05) is 12.1 Å². The zero-order valence-electron chi connectivity index (χ0n) is 15.1. The molecule has 0 heterocycles. The van der Waals surface area contributed by atoms with Crippen molar-refractivity contribution in [3.8, 4) is 11.1 Å². The lowest BCUT2D eigenvalue weighted by Crippen LogP contribution is -2.51. The van der Waals surface area contributed by atoms with Crippen molar-refractivity contribution in [2.45, 2.75) is 38.0 Å². The second-order valence-corrected chi connectivity index (χ2v) is 7.23.